The van der Waals surface area contributed by atoms with E-state index in [9.17, 15) is 0 Å². The zero-order valence-corrected chi connectivity index (χ0v) is 18.2. The summed E-state index contributed by atoms with van der Waals surface area (Å²) in [4.78, 5) is 0. The third kappa shape index (κ3) is 2.69. The summed E-state index contributed by atoms with van der Waals surface area (Å²) >= 11 is 7.56. The van der Waals surface area contributed by atoms with Crippen LogP contribution in [0.2, 0.25) is 0 Å². The third-order valence-electron chi connectivity index (χ3n) is 4.72. The molecule has 0 saturated carbocycles. The van der Waals surface area contributed by atoms with Gasteiger partial charge in [0.05, 0.1) is 0 Å². The first-order valence-corrected chi connectivity index (χ1v) is 13.0. The molecule has 0 atom stereocenters. The van der Waals surface area contributed by atoms with Crippen molar-refractivity contribution in [1.29, 1.82) is 0 Å². The standard InChI is InChI=1S/C20H22BrPSe/c1-13(2)22(23,14(3)4)20-17-11-7-5-9-15(17)19(21)16-10-6-8-12-18(16)20/h5-14H,1-4H3. The van der Waals surface area contributed by atoms with Crippen molar-refractivity contribution in [3.8, 4) is 0 Å². The summed E-state index contributed by atoms with van der Waals surface area (Å²) in [6.07, 6.45) is 0. The normalized spacial score (nSPS) is 12.7. The second-order valence-corrected chi connectivity index (χ2v) is 15.2. The number of fused-ring (bicyclic) bond motifs is 2. The second-order valence-electron chi connectivity index (χ2n) is 6.65. The molecular formula is C20H22BrPSe. The van der Waals surface area contributed by atoms with Crippen molar-refractivity contribution < 1.29 is 0 Å². The average Bonchev–Trinajstić information content (AvgIpc) is 2.54. The Morgan fingerprint density at radius 3 is 1.43 bits per heavy atom. The molecular weight excluding hydrogens is 430 g/mol. The Balaban J connectivity index is 2.62. The SMILES string of the molecule is CC(C)P(=[Se])(c1c2ccccc2c(Br)c2ccccc12)C(C)C. The van der Waals surface area contributed by atoms with Crippen LogP contribution in [0.3, 0.4) is 0 Å². The molecule has 3 aromatic carbocycles. The van der Waals surface area contributed by atoms with Gasteiger partial charge in [0.1, 0.15) is 0 Å². The first-order valence-electron chi connectivity index (χ1n) is 8.08. The molecule has 0 aliphatic carbocycles. The minimum absolute atomic E-state index is 0.621. The first-order chi connectivity index (χ1) is 10.9. The molecule has 0 amide bonds. The van der Waals surface area contributed by atoms with Crippen LogP contribution >= 0.6 is 21.4 Å². The van der Waals surface area contributed by atoms with E-state index in [0.29, 0.717) is 11.3 Å². The monoisotopic (exact) mass is 452 g/mol. The molecule has 3 rings (SSSR count). The van der Waals surface area contributed by atoms with Crippen LogP contribution < -0.4 is 5.30 Å². The molecule has 0 N–H and O–H groups in total. The molecule has 3 aromatic rings. The van der Waals surface area contributed by atoms with Gasteiger partial charge in [0.25, 0.3) is 0 Å². The van der Waals surface area contributed by atoms with E-state index >= 15 is 0 Å². The Labute approximate surface area is 155 Å². The zero-order valence-electron chi connectivity index (χ0n) is 14.0. The number of halogens is 1. The summed E-state index contributed by atoms with van der Waals surface area (Å²) in [5, 5.41) is 6.99. The van der Waals surface area contributed by atoms with Crippen molar-refractivity contribution in [3.63, 3.8) is 0 Å². The van der Waals surface area contributed by atoms with Crippen molar-refractivity contribution in [1.82, 2.24) is 0 Å². The van der Waals surface area contributed by atoms with Gasteiger partial charge in [0, 0.05) is 0 Å². The Morgan fingerprint density at radius 2 is 1.09 bits per heavy atom. The number of hydrogen-bond donors (Lipinski definition) is 0. The van der Waals surface area contributed by atoms with E-state index in [2.05, 4.69) is 107 Å². The van der Waals surface area contributed by atoms with E-state index in [1.54, 1.807) is 5.30 Å². The molecule has 0 saturated heterocycles. The summed E-state index contributed by atoms with van der Waals surface area (Å²) < 4.78 is 1.21. The fourth-order valence-corrected chi connectivity index (χ4v) is 8.84. The molecule has 0 spiro atoms. The number of hydrogen-bond acceptors (Lipinski definition) is 0. The van der Waals surface area contributed by atoms with E-state index in [1.807, 2.05) is 0 Å². The molecule has 0 bridgehead atoms. The van der Waals surface area contributed by atoms with Gasteiger partial charge in [0.15, 0.2) is 0 Å². The summed E-state index contributed by atoms with van der Waals surface area (Å²) in [7, 11) is 0. The molecule has 0 aliphatic heterocycles. The molecule has 0 aromatic heterocycles. The molecule has 0 fully saturated rings. The van der Waals surface area contributed by atoms with Crippen molar-refractivity contribution in [2.24, 2.45) is 0 Å². The van der Waals surface area contributed by atoms with Gasteiger partial charge in [-0.05, 0) is 0 Å². The van der Waals surface area contributed by atoms with E-state index in [-0.39, 0.29) is 0 Å². The van der Waals surface area contributed by atoms with Gasteiger partial charge in [-0.25, -0.2) is 0 Å². The average molecular weight is 452 g/mol. The van der Waals surface area contributed by atoms with Gasteiger partial charge < -0.3 is 0 Å². The van der Waals surface area contributed by atoms with Gasteiger partial charge in [-0.2, -0.15) is 0 Å². The summed E-state index contributed by atoms with van der Waals surface area (Å²) in [6.45, 7) is 9.48. The summed E-state index contributed by atoms with van der Waals surface area (Å²) in [5.74, 6) is 0. The topological polar surface area (TPSA) is 0 Å². The van der Waals surface area contributed by atoms with E-state index < -0.39 is 5.51 Å². The molecule has 0 radical (unpaired) electrons. The maximum atomic E-state index is 3.86. The van der Waals surface area contributed by atoms with Crippen LogP contribution in [0.4, 0.5) is 0 Å². The predicted octanol–water partition coefficient (Wildman–Crippen LogP) is 6.30. The van der Waals surface area contributed by atoms with Crippen molar-refractivity contribution in [2.75, 3.05) is 0 Å². The van der Waals surface area contributed by atoms with Crippen LogP contribution in [0, 0.1) is 0 Å². The predicted molar refractivity (Wildman–Crippen MR) is 112 cm³/mol. The first kappa shape index (κ1) is 17.4. The van der Waals surface area contributed by atoms with E-state index in [4.69, 9.17) is 0 Å². The van der Waals surface area contributed by atoms with Gasteiger partial charge in [-0.1, -0.05) is 0 Å². The van der Waals surface area contributed by atoms with Crippen LogP contribution in [0.15, 0.2) is 53.0 Å². The van der Waals surface area contributed by atoms with Crippen LogP contribution in [0.25, 0.3) is 21.5 Å². The molecule has 120 valence electrons. The number of benzene rings is 3. The fraction of sp³-hybridized carbons (Fsp3) is 0.300. The van der Waals surface area contributed by atoms with Crippen LogP contribution in [-0.4, -0.2) is 26.4 Å². The Bertz CT molecular complexity index is 858. The van der Waals surface area contributed by atoms with Crippen LogP contribution in [0.5, 0.6) is 0 Å². The molecule has 3 heteroatoms. The van der Waals surface area contributed by atoms with Gasteiger partial charge in [-0.15, -0.1) is 0 Å². The zero-order chi connectivity index (χ0) is 16.8. The second kappa shape index (κ2) is 6.49. The summed E-state index contributed by atoms with van der Waals surface area (Å²) in [6, 6.07) is 17.7. The van der Waals surface area contributed by atoms with E-state index in [0.717, 1.165) is 0 Å². The Morgan fingerprint density at radius 1 is 0.739 bits per heavy atom. The quantitative estimate of drug-likeness (QED) is 0.249. The van der Waals surface area contributed by atoms with E-state index in [1.165, 1.54) is 26.0 Å². The van der Waals surface area contributed by atoms with Crippen molar-refractivity contribution in [2.45, 2.75) is 39.0 Å². The third-order valence-corrected chi connectivity index (χ3v) is 16.3. The Hall–Kier alpha value is -0.391. The van der Waals surface area contributed by atoms with Gasteiger partial charge in [0.2, 0.25) is 0 Å². The molecule has 23 heavy (non-hydrogen) atoms. The van der Waals surface area contributed by atoms with Crippen LogP contribution in [0.1, 0.15) is 27.7 Å². The maximum absolute atomic E-state index is 3.86. The molecule has 0 nitrogen and oxygen atoms in total. The van der Waals surface area contributed by atoms with Crippen LogP contribution in [-0.2, 0) is 0 Å². The van der Waals surface area contributed by atoms with Crippen molar-refractivity contribution in [3.05, 3.63) is 53.0 Å². The van der Waals surface area contributed by atoms with Crippen molar-refractivity contribution >= 4 is 63.4 Å². The molecule has 0 unspecified atom stereocenters. The fourth-order valence-electron chi connectivity index (χ4n) is 3.54. The van der Waals surface area contributed by atoms with Gasteiger partial charge in [-0.3, -0.25) is 0 Å². The minimum atomic E-state index is -1.42. The Kier molecular flexibility index (Phi) is 4.92. The van der Waals surface area contributed by atoms with Gasteiger partial charge >= 0.3 is 155 Å². The molecule has 0 heterocycles. The number of rotatable bonds is 3. The molecule has 0 aliphatic rings. The summed E-state index contributed by atoms with van der Waals surface area (Å²) in [5.41, 5.74) is -0.181.